The number of aromatic nitrogens is 4. The molecule has 6 nitrogen and oxygen atoms in total. The molecule has 0 aliphatic rings. The molecule has 0 bridgehead atoms. The van der Waals surface area contributed by atoms with Crippen LogP contribution in [0.25, 0.3) is 5.78 Å². The lowest BCUT2D eigenvalue weighted by molar-refractivity contribution is 1.03. The van der Waals surface area contributed by atoms with Gasteiger partial charge < -0.3 is 5.32 Å². The van der Waals surface area contributed by atoms with E-state index in [4.69, 9.17) is 0 Å². The van der Waals surface area contributed by atoms with Gasteiger partial charge in [-0.25, -0.2) is 14.5 Å². The van der Waals surface area contributed by atoms with Crippen LogP contribution in [0, 0.1) is 6.92 Å². The van der Waals surface area contributed by atoms with Gasteiger partial charge in [-0.2, -0.15) is 0 Å². The molecule has 0 saturated heterocycles. The van der Waals surface area contributed by atoms with Crippen molar-refractivity contribution in [3.8, 4) is 0 Å². The molecule has 0 radical (unpaired) electrons. The van der Waals surface area contributed by atoms with Crippen LogP contribution in [-0.2, 0) is 0 Å². The third-order valence-electron chi connectivity index (χ3n) is 2.55. The number of H-pyrrole nitrogens is 1. The van der Waals surface area contributed by atoms with Crippen LogP contribution >= 0.6 is 0 Å². The number of hydrogen-bond acceptors (Lipinski definition) is 4. The first-order valence-corrected chi connectivity index (χ1v) is 5.51. The molecule has 3 rings (SSSR count). The van der Waals surface area contributed by atoms with E-state index in [1.54, 1.807) is 6.92 Å². The van der Waals surface area contributed by atoms with Crippen LogP contribution in [0.1, 0.15) is 5.69 Å². The van der Waals surface area contributed by atoms with Gasteiger partial charge in [-0.1, -0.05) is 18.2 Å². The lowest BCUT2D eigenvalue weighted by Gasteiger charge is -2.02. The van der Waals surface area contributed by atoms with Crippen LogP contribution < -0.4 is 10.9 Å². The predicted octanol–water partition coefficient (Wildman–Crippen LogP) is 1.47. The van der Waals surface area contributed by atoms with Gasteiger partial charge in [0.05, 0.1) is 0 Å². The number of nitrogens with zero attached hydrogens (tertiary/aromatic N) is 3. The van der Waals surface area contributed by atoms with Gasteiger partial charge in [-0.15, -0.1) is 5.10 Å². The molecule has 6 heteroatoms. The fraction of sp³-hybridized carbons (Fsp3) is 0.0833. The number of fused-ring (bicyclic) bond motifs is 1. The number of aromatic amines is 1. The Morgan fingerprint density at radius 3 is 2.83 bits per heavy atom. The Morgan fingerprint density at radius 1 is 1.28 bits per heavy atom. The molecule has 0 spiro atoms. The monoisotopic (exact) mass is 241 g/mol. The Morgan fingerprint density at radius 2 is 2.06 bits per heavy atom. The summed E-state index contributed by atoms with van der Waals surface area (Å²) < 4.78 is 1.40. The van der Waals surface area contributed by atoms with Crippen molar-refractivity contribution in [2.45, 2.75) is 6.92 Å². The van der Waals surface area contributed by atoms with Gasteiger partial charge in [-0.3, -0.25) is 4.79 Å². The van der Waals surface area contributed by atoms with Gasteiger partial charge in [0.25, 0.3) is 5.56 Å². The molecule has 2 aromatic heterocycles. The first kappa shape index (κ1) is 10.5. The number of aryl methyl sites for hydroxylation is 1. The van der Waals surface area contributed by atoms with Crippen molar-refractivity contribution in [2.24, 2.45) is 0 Å². The minimum absolute atomic E-state index is 0.162. The average molecular weight is 241 g/mol. The highest BCUT2D eigenvalue weighted by Crippen LogP contribution is 2.12. The summed E-state index contributed by atoms with van der Waals surface area (Å²) in [6.45, 7) is 1.77. The van der Waals surface area contributed by atoms with Crippen molar-refractivity contribution in [1.29, 1.82) is 0 Å². The molecule has 1 aromatic carbocycles. The number of anilines is 2. The van der Waals surface area contributed by atoms with E-state index >= 15 is 0 Å². The van der Waals surface area contributed by atoms with Crippen molar-refractivity contribution >= 4 is 17.4 Å². The normalized spacial score (nSPS) is 10.7. The van der Waals surface area contributed by atoms with Crippen molar-refractivity contribution in [1.82, 2.24) is 19.6 Å². The van der Waals surface area contributed by atoms with Gasteiger partial charge >= 0.3 is 0 Å². The second-order valence-corrected chi connectivity index (χ2v) is 3.93. The van der Waals surface area contributed by atoms with E-state index < -0.39 is 0 Å². The lowest BCUT2D eigenvalue weighted by atomic mass is 10.3. The average Bonchev–Trinajstić information content (AvgIpc) is 2.73. The van der Waals surface area contributed by atoms with Gasteiger partial charge in [0.1, 0.15) is 0 Å². The standard InChI is InChI=1S/C12H11N5O/c1-8-7-10(18)17-11(13-8)15-16-12(17)14-9-5-3-2-4-6-9/h2-7H,1H3,(H,13,15)(H,14,16). The number of nitrogens with one attached hydrogen (secondary N) is 2. The van der Waals surface area contributed by atoms with Gasteiger partial charge in [-0.05, 0) is 19.1 Å². The molecule has 0 aliphatic carbocycles. The third-order valence-corrected chi connectivity index (χ3v) is 2.55. The summed E-state index contributed by atoms with van der Waals surface area (Å²) >= 11 is 0. The summed E-state index contributed by atoms with van der Waals surface area (Å²) in [5, 5.41) is 9.85. The van der Waals surface area contributed by atoms with Crippen LogP contribution in [0.5, 0.6) is 0 Å². The van der Waals surface area contributed by atoms with E-state index in [0.29, 0.717) is 17.4 Å². The first-order chi connectivity index (χ1) is 8.74. The number of para-hydroxylation sites is 1. The highest BCUT2D eigenvalue weighted by molar-refractivity contribution is 5.55. The highest BCUT2D eigenvalue weighted by atomic mass is 16.1. The summed E-state index contributed by atoms with van der Waals surface area (Å²) in [5.74, 6) is 0.854. The van der Waals surface area contributed by atoms with Gasteiger partial charge in [0.2, 0.25) is 11.7 Å². The zero-order chi connectivity index (χ0) is 12.5. The van der Waals surface area contributed by atoms with Crippen LogP contribution in [-0.4, -0.2) is 19.6 Å². The van der Waals surface area contributed by atoms with Crippen LogP contribution in [0.15, 0.2) is 41.2 Å². The molecule has 0 unspecified atom stereocenters. The minimum Gasteiger partial charge on any atom is -0.324 e. The summed E-state index contributed by atoms with van der Waals surface area (Å²) in [4.78, 5) is 16.1. The summed E-state index contributed by atoms with van der Waals surface area (Å²) in [7, 11) is 0. The Bertz CT molecular complexity index is 744. The zero-order valence-electron chi connectivity index (χ0n) is 9.71. The molecule has 0 atom stereocenters. The minimum atomic E-state index is -0.162. The summed E-state index contributed by atoms with van der Waals surface area (Å²) in [5.41, 5.74) is 1.36. The Hall–Kier alpha value is -2.63. The molecule has 3 aromatic rings. The molecule has 2 N–H and O–H groups in total. The van der Waals surface area contributed by atoms with E-state index in [0.717, 1.165) is 5.69 Å². The first-order valence-electron chi connectivity index (χ1n) is 5.51. The van der Waals surface area contributed by atoms with E-state index in [2.05, 4.69) is 20.5 Å². The predicted molar refractivity (Wildman–Crippen MR) is 68.1 cm³/mol. The molecule has 0 fully saturated rings. The van der Waals surface area contributed by atoms with Crippen molar-refractivity contribution < 1.29 is 0 Å². The Labute approximate surface area is 102 Å². The van der Waals surface area contributed by atoms with Crippen molar-refractivity contribution in [3.63, 3.8) is 0 Å². The number of hydrogen-bond donors (Lipinski definition) is 2. The van der Waals surface area contributed by atoms with Crippen LogP contribution in [0.2, 0.25) is 0 Å². The fourth-order valence-corrected chi connectivity index (χ4v) is 1.76. The van der Waals surface area contributed by atoms with E-state index in [9.17, 15) is 4.79 Å². The molecule has 90 valence electrons. The van der Waals surface area contributed by atoms with Crippen LogP contribution in [0.4, 0.5) is 11.6 Å². The lowest BCUT2D eigenvalue weighted by Crippen LogP contribution is -2.15. The van der Waals surface area contributed by atoms with E-state index in [1.165, 1.54) is 10.5 Å². The van der Waals surface area contributed by atoms with Crippen molar-refractivity contribution in [2.75, 3.05) is 5.32 Å². The molecule has 0 saturated carbocycles. The fourth-order valence-electron chi connectivity index (χ4n) is 1.76. The van der Waals surface area contributed by atoms with E-state index in [1.807, 2.05) is 30.3 Å². The quantitative estimate of drug-likeness (QED) is 0.712. The number of benzene rings is 1. The Balaban J connectivity index is 2.11. The van der Waals surface area contributed by atoms with Gasteiger partial charge in [0.15, 0.2) is 0 Å². The Kier molecular flexibility index (Phi) is 2.33. The number of rotatable bonds is 2. The summed E-state index contributed by atoms with van der Waals surface area (Å²) in [6, 6.07) is 11.0. The molecule has 18 heavy (non-hydrogen) atoms. The smallest absolute Gasteiger partial charge is 0.262 e. The van der Waals surface area contributed by atoms with Crippen LogP contribution in [0.3, 0.4) is 0 Å². The highest BCUT2D eigenvalue weighted by Gasteiger charge is 2.08. The topological polar surface area (TPSA) is 75.1 Å². The summed E-state index contributed by atoms with van der Waals surface area (Å²) in [6.07, 6.45) is 0. The third kappa shape index (κ3) is 1.73. The zero-order valence-corrected chi connectivity index (χ0v) is 9.71. The van der Waals surface area contributed by atoms with Gasteiger partial charge in [0, 0.05) is 17.4 Å². The van der Waals surface area contributed by atoms with Crippen molar-refractivity contribution in [3.05, 3.63) is 52.4 Å². The maximum atomic E-state index is 11.9. The maximum Gasteiger partial charge on any atom is 0.262 e. The molecular formula is C12H11N5O. The largest absolute Gasteiger partial charge is 0.324 e. The molecule has 0 amide bonds. The maximum absolute atomic E-state index is 11.9. The second-order valence-electron chi connectivity index (χ2n) is 3.93. The molecule has 0 aliphatic heterocycles. The second kappa shape index (κ2) is 3.99. The molecular weight excluding hydrogens is 230 g/mol. The molecule has 2 heterocycles. The SMILES string of the molecule is Cc1cc(=O)n2c(Nc3ccccc3)n[nH]c2n1. The van der Waals surface area contributed by atoms with E-state index in [-0.39, 0.29) is 5.56 Å².